The Morgan fingerprint density at radius 1 is 1.21 bits per heavy atom. The minimum Gasteiger partial charge on any atom is -0.491 e. The second-order valence-electron chi connectivity index (χ2n) is 6.78. The van der Waals surface area contributed by atoms with Crippen molar-refractivity contribution in [1.29, 1.82) is 0 Å². The third-order valence-corrected chi connectivity index (χ3v) is 4.79. The van der Waals surface area contributed by atoms with E-state index in [0.29, 0.717) is 5.75 Å². The van der Waals surface area contributed by atoms with Crippen molar-refractivity contribution in [2.24, 2.45) is 19.9 Å². The molecule has 0 saturated heterocycles. The first-order valence-electron chi connectivity index (χ1n) is 8.75. The first-order chi connectivity index (χ1) is 13.2. The van der Waals surface area contributed by atoms with E-state index in [4.69, 9.17) is 10.6 Å². The number of benzene rings is 1. The van der Waals surface area contributed by atoms with Crippen molar-refractivity contribution >= 4 is 17.1 Å². The predicted molar refractivity (Wildman–Crippen MR) is 105 cm³/mol. The Kier molecular flexibility index (Phi) is 5.25. The Hall–Kier alpha value is -3.11. The van der Waals surface area contributed by atoms with Gasteiger partial charge < -0.3 is 14.4 Å². The Balaban J connectivity index is 1.89. The van der Waals surface area contributed by atoms with E-state index >= 15 is 0 Å². The lowest BCUT2D eigenvalue weighted by Crippen LogP contribution is -2.38. The number of aliphatic hydroxyl groups is 1. The molecule has 0 fully saturated rings. The molecular weight excluding hydrogens is 364 g/mol. The summed E-state index contributed by atoms with van der Waals surface area (Å²) in [5, 5.41) is 10.5. The molecule has 10 nitrogen and oxygen atoms in total. The highest BCUT2D eigenvalue weighted by atomic mass is 16.5. The van der Waals surface area contributed by atoms with E-state index in [9.17, 15) is 14.7 Å². The predicted octanol–water partition coefficient (Wildman–Crippen LogP) is -0.224. The lowest BCUT2D eigenvalue weighted by Gasteiger charge is -2.15. The smallest absolute Gasteiger partial charge is 0.332 e. The van der Waals surface area contributed by atoms with Gasteiger partial charge in [0.25, 0.3) is 5.56 Å². The summed E-state index contributed by atoms with van der Waals surface area (Å²) in [5.74, 6) is 6.33. The van der Waals surface area contributed by atoms with Gasteiger partial charge in [-0.3, -0.25) is 19.4 Å². The number of rotatable bonds is 6. The van der Waals surface area contributed by atoms with Gasteiger partial charge in [0.2, 0.25) is 5.95 Å². The lowest BCUT2D eigenvalue weighted by molar-refractivity contribution is 0.0938. The van der Waals surface area contributed by atoms with Crippen molar-refractivity contribution in [1.82, 2.24) is 18.7 Å². The maximum atomic E-state index is 12.6. The Morgan fingerprint density at radius 2 is 1.93 bits per heavy atom. The van der Waals surface area contributed by atoms with Gasteiger partial charge in [0.1, 0.15) is 18.5 Å². The highest BCUT2D eigenvalue weighted by Gasteiger charge is 2.20. The summed E-state index contributed by atoms with van der Waals surface area (Å²) in [7, 11) is 2.90. The van der Waals surface area contributed by atoms with Crippen LogP contribution < -0.4 is 27.3 Å². The van der Waals surface area contributed by atoms with Gasteiger partial charge in [0, 0.05) is 14.1 Å². The number of aryl methyl sites for hydroxylation is 3. The topological polar surface area (TPSA) is 129 Å². The Morgan fingerprint density at radius 3 is 2.57 bits per heavy atom. The van der Waals surface area contributed by atoms with Crippen molar-refractivity contribution in [3.63, 3.8) is 0 Å². The zero-order valence-electron chi connectivity index (χ0n) is 16.3. The number of nitrogens with one attached hydrogen (secondary N) is 1. The monoisotopic (exact) mass is 388 g/mol. The Bertz CT molecular complexity index is 1140. The molecule has 1 atom stereocenters. The summed E-state index contributed by atoms with van der Waals surface area (Å²) in [5.41, 5.74) is 3.99. The first-order valence-corrected chi connectivity index (χ1v) is 8.75. The van der Waals surface area contributed by atoms with Crippen molar-refractivity contribution in [3.8, 4) is 5.75 Å². The number of nitrogen functional groups attached to an aromatic ring is 1. The molecule has 0 aliphatic rings. The van der Waals surface area contributed by atoms with Crippen LogP contribution in [0, 0.1) is 13.8 Å². The Labute approximate surface area is 160 Å². The van der Waals surface area contributed by atoms with Crippen LogP contribution in [0.1, 0.15) is 11.1 Å². The molecule has 1 aromatic carbocycles. The number of hydrogen-bond acceptors (Lipinski definition) is 7. The summed E-state index contributed by atoms with van der Waals surface area (Å²) in [6, 6.07) is 5.67. The van der Waals surface area contributed by atoms with Crippen LogP contribution in [0.4, 0.5) is 5.95 Å². The number of ether oxygens (including phenoxy) is 1. The van der Waals surface area contributed by atoms with E-state index in [1.165, 1.54) is 23.2 Å². The number of aliphatic hydroxyl groups excluding tert-OH is 1. The molecule has 0 aliphatic heterocycles. The van der Waals surface area contributed by atoms with Crippen LogP contribution in [0.2, 0.25) is 0 Å². The summed E-state index contributed by atoms with van der Waals surface area (Å²) < 4.78 is 9.35. The van der Waals surface area contributed by atoms with Gasteiger partial charge in [-0.2, -0.15) is 4.98 Å². The van der Waals surface area contributed by atoms with Crippen molar-refractivity contribution in [2.45, 2.75) is 26.5 Å². The number of hydrogen-bond donors (Lipinski definition) is 3. The minimum absolute atomic E-state index is 0.00825. The summed E-state index contributed by atoms with van der Waals surface area (Å²) in [6.07, 6.45) is -0.937. The van der Waals surface area contributed by atoms with Crippen molar-refractivity contribution in [3.05, 3.63) is 50.2 Å². The molecule has 3 rings (SSSR count). The number of hydrazine groups is 1. The molecule has 3 aromatic rings. The molecule has 4 N–H and O–H groups in total. The van der Waals surface area contributed by atoms with E-state index in [-0.39, 0.29) is 30.3 Å². The van der Waals surface area contributed by atoms with Gasteiger partial charge in [-0.25, -0.2) is 10.6 Å². The highest BCUT2D eigenvalue weighted by Crippen LogP contribution is 2.18. The average Bonchev–Trinajstić information content (AvgIpc) is 3.04. The number of anilines is 1. The first kappa shape index (κ1) is 19.6. The SMILES string of the molecule is Cc1ccc(OC[C@H](O)Cn2c(NN)nc3c2c(=O)n(C)c(=O)n3C)cc1C. The van der Waals surface area contributed by atoms with Crippen molar-refractivity contribution in [2.75, 3.05) is 12.0 Å². The van der Waals surface area contributed by atoms with E-state index < -0.39 is 17.4 Å². The van der Waals surface area contributed by atoms with E-state index in [1.807, 2.05) is 32.0 Å². The van der Waals surface area contributed by atoms with Crippen molar-refractivity contribution < 1.29 is 9.84 Å². The lowest BCUT2D eigenvalue weighted by atomic mass is 10.1. The maximum Gasteiger partial charge on any atom is 0.332 e. The molecule has 150 valence electrons. The molecule has 28 heavy (non-hydrogen) atoms. The second-order valence-corrected chi connectivity index (χ2v) is 6.78. The summed E-state index contributed by atoms with van der Waals surface area (Å²) >= 11 is 0. The van der Waals surface area contributed by atoms with E-state index in [1.54, 1.807) is 0 Å². The quantitative estimate of drug-likeness (QED) is 0.393. The molecule has 2 heterocycles. The number of nitrogens with two attached hydrogens (primary N) is 1. The third-order valence-electron chi connectivity index (χ3n) is 4.79. The largest absolute Gasteiger partial charge is 0.491 e. The van der Waals surface area contributed by atoms with Crippen LogP contribution in [-0.4, -0.2) is 36.5 Å². The molecule has 2 aromatic heterocycles. The van der Waals surface area contributed by atoms with Crippen LogP contribution in [-0.2, 0) is 20.6 Å². The zero-order valence-corrected chi connectivity index (χ0v) is 16.3. The molecule has 0 radical (unpaired) electrons. The van der Waals surface area contributed by atoms with Crippen LogP contribution in [0.25, 0.3) is 11.2 Å². The molecular formula is C18H24N6O4. The normalized spacial score (nSPS) is 12.4. The van der Waals surface area contributed by atoms with Gasteiger partial charge in [0.15, 0.2) is 11.2 Å². The summed E-state index contributed by atoms with van der Waals surface area (Å²) in [4.78, 5) is 28.9. The van der Waals surface area contributed by atoms with E-state index in [0.717, 1.165) is 15.7 Å². The molecule has 10 heteroatoms. The number of imidazole rings is 1. The molecule has 0 spiro atoms. The molecule has 0 aliphatic carbocycles. The fraction of sp³-hybridized carbons (Fsp3) is 0.389. The van der Waals surface area contributed by atoms with Gasteiger partial charge in [-0.1, -0.05) is 6.07 Å². The van der Waals surface area contributed by atoms with Gasteiger partial charge >= 0.3 is 5.69 Å². The maximum absolute atomic E-state index is 12.6. The van der Waals surface area contributed by atoms with Crippen LogP contribution in [0.15, 0.2) is 27.8 Å². The molecule has 0 unspecified atom stereocenters. The molecule has 0 bridgehead atoms. The fourth-order valence-corrected chi connectivity index (χ4v) is 2.99. The summed E-state index contributed by atoms with van der Waals surface area (Å²) in [6.45, 7) is 4.01. The number of nitrogens with zero attached hydrogens (tertiary/aromatic N) is 4. The highest BCUT2D eigenvalue weighted by molar-refractivity contribution is 5.74. The van der Waals surface area contributed by atoms with Crippen LogP contribution in [0.3, 0.4) is 0 Å². The minimum atomic E-state index is -0.937. The zero-order chi connectivity index (χ0) is 20.6. The van der Waals surface area contributed by atoms with Gasteiger partial charge in [-0.15, -0.1) is 0 Å². The molecule has 0 amide bonds. The van der Waals surface area contributed by atoms with E-state index in [2.05, 4.69) is 10.4 Å². The number of fused-ring (bicyclic) bond motifs is 1. The third kappa shape index (κ3) is 3.39. The molecule has 0 saturated carbocycles. The second kappa shape index (κ2) is 7.49. The van der Waals surface area contributed by atoms with Crippen LogP contribution in [0.5, 0.6) is 5.75 Å². The average molecular weight is 388 g/mol. The van der Waals surface area contributed by atoms with Gasteiger partial charge in [-0.05, 0) is 37.1 Å². The van der Waals surface area contributed by atoms with Crippen LogP contribution >= 0.6 is 0 Å². The van der Waals surface area contributed by atoms with Gasteiger partial charge in [0.05, 0.1) is 6.54 Å². The standard InChI is InChI=1S/C18H24N6O4/c1-10-5-6-13(7-11(10)2)28-9-12(25)8-24-14-15(20-17(24)21-19)22(3)18(27)23(4)16(14)26/h5-7,12,25H,8-9,19H2,1-4H3,(H,20,21)/t12-/m1/s1. The fourth-order valence-electron chi connectivity index (χ4n) is 2.99. The number of aromatic nitrogens is 4.